The number of aryl methyl sites for hydroxylation is 1. The molecule has 0 spiro atoms. The zero-order valence-electron chi connectivity index (χ0n) is 10.9. The summed E-state index contributed by atoms with van der Waals surface area (Å²) in [4.78, 5) is 0. The van der Waals surface area contributed by atoms with Gasteiger partial charge < -0.3 is 14.8 Å². The second kappa shape index (κ2) is 5.28. The maximum Gasteiger partial charge on any atom is 0.160 e. The van der Waals surface area contributed by atoms with Crippen LogP contribution in [-0.4, -0.2) is 42.2 Å². The van der Waals surface area contributed by atoms with E-state index in [9.17, 15) is 0 Å². The Balaban J connectivity index is 1.56. The van der Waals surface area contributed by atoms with Gasteiger partial charge in [0.1, 0.15) is 18.4 Å². The molecule has 1 atom stereocenters. The van der Waals surface area contributed by atoms with E-state index >= 15 is 0 Å². The molecule has 3 rings (SSSR count). The first kappa shape index (κ1) is 12.0. The molecule has 0 amide bonds. The second-order valence-corrected chi connectivity index (χ2v) is 5.15. The molecule has 1 saturated heterocycles. The smallest absolute Gasteiger partial charge is 0.160 e. The Labute approximate surface area is 107 Å². The van der Waals surface area contributed by atoms with Crippen molar-refractivity contribution in [2.75, 3.05) is 26.3 Å². The summed E-state index contributed by atoms with van der Waals surface area (Å²) < 4.78 is 13.5. The molecule has 1 aromatic rings. The third-order valence-corrected chi connectivity index (χ3v) is 3.75. The Bertz CT molecular complexity index is 395. The first-order valence-electron chi connectivity index (χ1n) is 6.84. The van der Waals surface area contributed by atoms with Gasteiger partial charge in [0.15, 0.2) is 5.75 Å². The minimum absolute atomic E-state index is 0.158. The van der Waals surface area contributed by atoms with Crippen molar-refractivity contribution >= 4 is 0 Å². The molecule has 5 nitrogen and oxygen atoms in total. The summed E-state index contributed by atoms with van der Waals surface area (Å²) in [7, 11) is 0. The van der Waals surface area contributed by atoms with Crippen molar-refractivity contribution in [3.63, 3.8) is 0 Å². The van der Waals surface area contributed by atoms with Gasteiger partial charge in [0.25, 0.3) is 0 Å². The van der Waals surface area contributed by atoms with Crippen molar-refractivity contribution in [1.29, 1.82) is 0 Å². The Hall–Kier alpha value is -1.07. The lowest BCUT2D eigenvalue weighted by Gasteiger charge is -2.25. The molecule has 1 aliphatic heterocycles. The van der Waals surface area contributed by atoms with Crippen LogP contribution in [0.2, 0.25) is 0 Å². The summed E-state index contributed by atoms with van der Waals surface area (Å²) in [5.74, 6) is 0.899. The molecule has 1 aromatic heterocycles. The Morgan fingerprint density at radius 2 is 2.44 bits per heavy atom. The minimum atomic E-state index is 0.158. The van der Waals surface area contributed by atoms with E-state index in [4.69, 9.17) is 9.47 Å². The van der Waals surface area contributed by atoms with Crippen LogP contribution in [0.4, 0.5) is 0 Å². The van der Waals surface area contributed by atoms with Crippen LogP contribution in [-0.2, 0) is 4.74 Å². The van der Waals surface area contributed by atoms with E-state index in [-0.39, 0.29) is 6.10 Å². The van der Waals surface area contributed by atoms with Crippen molar-refractivity contribution in [2.24, 2.45) is 0 Å². The van der Waals surface area contributed by atoms with Crippen LogP contribution in [0.1, 0.15) is 31.0 Å². The fourth-order valence-corrected chi connectivity index (χ4v) is 2.35. The van der Waals surface area contributed by atoms with Crippen molar-refractivity contribution in [3.8, 4) is 5.75 Å². The summed E-state index contributed by atoms with van der Waals surface area (Å²) >= 11 is 0. The van der Waals surface area contributed by atoms with E-state index in [0.717, 1.165) is 31.1 Å². The molecule has 18 heavy (non-hydrogen) atoms. The Morgan fingerprint density at radius 1 is 1.56 bits per heavy atom. The summed E-state index contributed by atoms with van der Waals surface area (Å²) in [5.41, 5.74) is 0.977. The van der Waals surface area contributed by atoms with E-state index in [1.54, 1.807) is 0 Å². The number of hydrogen-bond acceptors (Lipinski definition) is 4. The molecule has 1 unspecified atom stereocenters. The molecule has 0 aromatic carbocycles. The minimum Gasteiger partial charge on any atom is -0.487 e. The lowest BCUT2D eigenvalue weighted by molar-refractivity contribution is 0.0000337. The van der Waals surface area contributed by atoms with Crippen LogP contribution in [0.5, 0.6) is 5.75 Å². The van der Waals surface area contributed by atoms with Crippen LogP contribution in [0.3, 0.4) is 0 Å². The van der Waals surface area contributed by atoms with Crippen LogP contribution in [0.25, 0.3) is 0 Å². The van der Waals surface area contributed by atoms with Gasteiger partial charge in [-0.25, -0.2) is 0 Å². The van der Waals surface area contributed by atoms with Gasteiger partial charge in [-0.05, 0) is 26.2 Å². The van der Waals surface area contributed by atoms with Gasteiger partial charge in [-0.1, -0.05) is 0 Å². The van der Waals surface area contributed by atoms with Gasteiger partial charge in [-0.3, -0.25) is 4.68 Å². The van der Waals surface area contributed by atoms with Crippen molar-refractivity contribution in [3.05, 3.63) is 11.9 Å². The molecule has 2 aliphatic rings. The molecule has 5 heteroatoms. The Kier molecular flexibility index (Phi) is 3.52. The third kappa shape index (κ3) is 2.52. The van der Waals surface area contributed by atoms with E-state index in [2.05, 4.69) is 15.1 Å². The highest BCUT2D eigenvalue weighted by atomic mass is 16.5. The lowest BCUT2D eigenvalue weighted by atomic mass is 9.93. The molecule has 0 radical (unpaired) electrons. The highest BCUT2D eigenvalue weighted by Gasteiger charge is 2.22. The van der Waals surface area contributed by atoms with E-state index in [1.165, 1.54) is 19.3 Å². The monoisotopic (exact) mass is 251 g/mol. The number of rotatable bonds is 4. The Morgan fingerprint density at radius 3 is 3.11 bits per heavy atom. The van der Waals surface area contributed by atoms with Crippen LogP contribution in [0, 0.1) is 6.92 Å². The van der Waals surface area contributed by atoms with E-state index in [1.807, 2.05) is 13.1 Å². The second-order valence-electron chi connectivity index (χ2n) is 5.15. The summed E-state index contributed by atoms with van der Waals surface area (Å²) in [5, 5.41) is 7.83. The first-order valence-corrected chi connectivity index (χ1v) is 6.84. The number of hydrogen-bond donors (Lipinski definition) is 1. The zero-order valence-corrected chi connectivity index (χ0v) is 10.9. The number of nitrogens with one attached hydrogen (secondary N) is 1. The summed E-state index contributed by atoms with van der Waals surface area (Å²) in [6.07, 6.45) is 6.01. The molecule has 2 heterocycles. The average Bonchev–Trinajstić information content (AvgIpc) is 2.67. The number of aromatic nitrogens is 2. The summed E-state index contributed by atoms with van der Waals surface area (Å²) in [6.45, 7) is 5.19. The predicted molar refractivity (Wildman–Crippen MR) is 68.0 cm³/mol. The maximum atomic E-state index is 5.83. The average molecular weight is 251 g/mol. The SMILES string of the molecule is Cc1nn(C2CCC2)cc1OCC1CNCCO1. The van der Waals surface area contributed by atoms with Crippen molar-refractivity contribution in [2.45, 2.75) is 38.3 Å². The molecule has 0 bridgehead atoms. The van der Waals surface area contributed by atoms with Gasteiger partial charge in [0.2, 0.25) is 0 Å². The molecular weight excluding hydrogens is 230 g/mol. The van der Waals surface area contributed by atoms with Crippen LogP contribution >= 0.6 is 0 Å². The van der Waals surface area contributed by atoms with Crippen molar-refractivity contribution in [1.82, 2.24) is 15.1 Å². The van der Waals surface area contributed by atoms with Gasteiger partial charge in [0, 0.05) is 13.1 Å². The maximum absolute atomic E-state index is 5.83. The van der Waals surface area contributed by atoms with E-state index in [0.29, 0.717) is 12.6 Å². The first-order chi connectivity index (χ1) is 8.83. The van der Waals surface area contributed by atoms with Gasteiger partial charge in [-0.2, -0.15) is 5.10 Å². The molecule has 1 N–H and O–H groups in total. The normalized spacial score (nSPS) is 24.8. The molecule has 2 fully saturated rings. The topological polar surface area (TPSA) is 48.3 Å². The van der Waals surface area contributed by atoms with Gasteiger partial charge >= 0.3 is 0 Å². The van der Waals surface area contributed by atoms with Gasteiger partial charge in [0.05, 0.1) is 18.8 Å². The van der Waals surface area contributed by atoms with Crippen LogP contribution in [0.15, 0.2) is 6.20 Å². The third-order valence-electron chi connectivity index (χ3n) is 3.75. The standard InChI is InChI=1S/C13H21N3O2/c1-10-13(8-16(15-10)11-3-2-4-11)18-9-12-7-14-5-6-17-12/h8,11-12,14H,2-7,9H2,1H3. The molecule has 1 saturated carbocycles. The van der Waals surface area contributed by atoms with Crippen molar-refractivity contribution < 1.29 is 9.47 Å². The molecular formula is C13H21N3O2. The quantitative estimate of drug-likeness (QED) is 0.876. The highest BCUT2D eigenvalue weighted by molar-refractivity contribution is 5.23. The number of morpholine rings is 1. The van der Waals surface area contributed by atoms with E-state index < -0.39 is 0 Å². The fourth-order valence-electron chi connectivity index (χ4n) is 2.35. The molecule has 100 valence electrons. The fraction of sp³-hybridized carbons (Fsp3) is 0.769. The highest BCUT2D eigenvalue weighted by Crippen LogP contribution is 2.32. The zero-order chi connectivity index (χ0) is 12.4. The lowest BCUT2D eigenvalue weighted by Crippen LogP contribution is -2.41. The molecule has 1 aliphatic carbocycles. The van der Waals surface area contributed by atoms with Crippen LogP contribution < -0.4 is 10.1 Å². The summed E-state index contributed by atoms with van der Waals surface area (Å²) in [6, 6.07) is 0.591. The predicted octanol–water partition coefficient (Wildman–Crippen LogP) is 1.28. The largest absolute Gasteiger partial charge is 0.487 e. The number of ether oxygens (including phenoxy) is 2. The number of nitrogens with zero attached hydrogens (tertiary/aromatic N) is 2. The van der Waals surface area contributed by atoms with Gasteiger partial charge in [-0.15, -0.1) is 0 Å².